The number of esters is 1. The molecule has 0 spiro atoms. The first-order valence-electron chi connectivity index (χ1n) is 24.6. The average molecular weight is 1040 g/mol. The van der Waals surface area contributed by atoms with Crippen molar-refractivity contribution in [2.24, 2.45) is 5.73 Å². The molecular weight excluding hydrogens is 978 g/mol. The largest absolute Gasteiger partial charge is 0.458 e. The van der Waals surface area contributed by atoms with Crippen molar-refractivity contribution in [1.82, 2.24) is 41.0 Å². The molecule has 0 saturated carbocycles. The molecule has 23 heteroatoms. The van der Waals surface area contributed by atoms with Crippen molar-refractivity contribution in [2.45, 2.75) is 97.4 Å². The molecule has 22 nitrogen and oxygen atoms in total. The summed E-state index contributed by atoms with van der Waals surface area (Å²) >= 11 is 0. The second-order valence-electron chi connectivity index (χ2n) is 17.6. The Bertz CT molecular complexity index is 2960. The minimum absolute atomic E-state index is 0.104. The molecule has 8 amide bonds. The Labute approximate surface area is 430 Å². The molecule has 2 unspecified atom stereocenters. The predicted molar refractivity (Wildman–Crippen MR) is 267 cm³/mol. The molecule has 2 aromatic carbocycles. The minimum Gasteiger partial charge on any atom is -0.458 e. The summed E-state index contributed by atoms with van der Waals surface area (Å²) in [5.41, 5.74) is 11.5. The molecule has 2 atom stereocenters. The van der Waals surface area contributed by atoms with Gasteiger partial charge in [-0.2, -0.15) is 0 Å². The smallest absolute Gasteiger partial charge is 0.340 e. The number of primary amides is 1. The normalized spacial score (nSPS) is 14.9. The zero-order chi connectivity index (χ0) is 54.3. The highest BCUT2D eigenvalue weighted by molar-refractivity contribution is 6.12. The van der Waals surface area contributed by atoms with Crippen molar-refractivity contribution in [2.75, 3.05) is 39.5 Å². The number of hydrogen-bond acceptors (Lipinski definition) is 14. The van der Waals surface area contributed by atoms with Crippen LogP contribution in [0.5, 0.6) is 0 Å². The molecule has 5 heterocycles. The molecule has 0 radical (unpaired) electrons. The molecule has 4 aliphatic rings. The van der Waals surface area contributed by atoms with Gasteiger partial charge in [0.1, 0.15) is 31.8 Å². The number of nitrogens with one attached hydrogen (secondary N) is 5. The number of aryl methyl sites for hydroxylation is 2. The molecule has 4 aromatic rings. The standard InChI is InChI=1S/C28H37N7O9.C22H17FN2O4.C2H6/c29-21(36)17-44-18-33-24(39)15-32-28(43)20(13-19-7-3-1-4-8-19)34-25(40)16-31-23(38)14-30-22(37)9-5-2-6-12-35-26(41)10-11-27(35)42;1-9-10-3-2-4-11-13-7-25-17(19(13)24-16(18(10)11)6-15(9)23)5-12-14(21(25)27)8-29-22(28)20(12)26;1-2/h1,3-4,7-8,10-11,20H,2,5-6,9,12-18H2,(H2,29,36)(H,30,37)(H,31,38)(H,32,43)(H,33,39)(H,34,40);5-6,20,26H,2-4,7-8H2,1H3;1-2H3. The van der Waals surface area contributed by atoms with Crippen molar-refractivity contribution >= 4 is 64.1 Å². The lowest BCUT2D eigenvalue weighted by molar-refractivity contribution is -0.157. The van der Waals surface area contributed by atoms with Crippen LogP contribution in [0.4, 0.5) is 4.39 Å². The average Bonchev–Trinajstić information content (AvgIpc) is 3.94. The van der Waals surface area contributed by atoms with Gasteiger partial charge in [-0.25, -0.2) is 14.2 Å². The monoisotopic (exact) mass is 1040 g/mol. The van der Waals surface area contributed by atoms with Gasteiger partial charge >= 0.3 is 5.97 Å². The number of cyclic esters (lactones) is 1. The summed E-state index contributed by atoms with van der Waals surface area (Å²) in [5, 5.41) is 23.3. The van der Waals surface area contributed by atoms with E-state index in [0.29, 0.717) is 53.8 Å². The fourth-order valence-electron chi connectivity index (χ4n) is 8.90. The summed E-state index contributed by atoms with van der Waals surface area (Å²) in [4.78, 5) is 126. The van der Waals surface area contributed by atoms with Gasteiger partial charge in [0.05, 0.1) is 48.6 Å². The van der Waals surface area contributed by atoms with Crippen molar-refractivity contribution in [3.05, 3.63) is 110 Å². The molecule has 8 N–H and O–H groups in total. The maximum absolute atomic E-state index is 14.5. The number of fused-ring (bicyclic) bond motifs is 5. The van der Waals surface area contributed by atoms with Crippen LogP contribution in [0, 0.1) is 12.7 Å². The van der Waals surface area contributed by atoms with Crippen LogP contribution in [-0.2, 0) is 85.0 Å². The number of benzene rings is 2. The second kappa shape index (κ2) is 26.2. The molecule has 1 aliphatic carbocycles. The van der Waals surface area contributed by atoms with Crippen LogP contribution in [0.15, 0.2) is 59.4 Å². The maximum atomic E-state index is 14.5. The number of ether oxygens (including phenoxy) is 2. The summed E-state index contributed by atoms with van der Waals surface area (Å²) in [7, 11) is 0. The molecular formula is C52H60FN9O13. The molecule has 0 fully saturated rings. The highest BCUT2D eigenvalue weighted by Gasteiger charge is 2.36. The van der Waals surface area contributed by atoms with E-state index in [2.05, 4.69) is 26.6 Å². The molecule has 0 bridgehead atoms. The lowest BCUT2D eigenvalue weighted by Gasteiger charge is -2.22. The van der Waals surface area contributed by atoms with Crippen LogP contribution in [0.1, 0.15) is 91.0 Å². The second-order valence-corrected chi connectivity index (χ2v) is 17.6. The zero-order valence-electron chi connectivity index (χ0n) is 41.8. The molecule has 8 rings (SSSR count). The molecule has 75 heavy (non-hydrogen) atoms. The number of carbonyl (C=O) groups excluding carboxylic acids is 9. The number of aliphatic hydroxyl groups excluding tert-OH is 1. The number of halogens is 1. The number of aromatic nitrogens is 2. The summed E-state index contributed by atoms with van der Waals surface area (Å²) in [5.74, 6) is -5.36. The summed E-state index contributed by atoms with van der Waals surface area (Å²) in [6.07, 6.45) is 5.43. The van der Waals surface area contributed by atoms with E-state index in [1.54, 1.807) is 47.9 Å². The Hall–Kier alpha value is -8.18. The highest BCUT2D eigenvalue weighted by Crippen LogP contribution is 2.42. The number of nitrogens with two attached hydrogens (primary N) is 1. The third-order valence-electron chi connectivity index (χ3n) is 12.6. The van der Waals surface area contributed by atoms with Crippen LogP contribution in [0.3, 0.4) is 0 Å². The van der Waals surface area contributed by atoms with Gasteiger partial charge in [0.25, 0.3) is 17.4 Å². The van der Waals surface area contributed by atoms with Gasteiger partial charge in [-0.15, -0.1) is 0 Å². The zero-order valence-corrected chi connectivity index (χ0v) is 41.8. The van der Waals surface area contributed by atoms with Gasteiger partial charge < -0.3 is 51.5 Å². The fourth-order valence-corrected chi connectivity index (χ4v) is 8.90. The third-order valence-corrected chi connectivity index (χ3v) is 12.6. The van der Waals surface area contributed by atoms with E-state index < -0.39 is 60.7 Å². The Morgan fingerprint density at radius 3 is 2.23 bits per heavy atom. The Kier molecular flexibility index (Phi) is 19.6. The number of carbonyl (C=O) groups is 9. The van der Waals surface area contributed by atoms with Crippen molar-refractivity contribution in [1.29, 1.82) is 0 Å². The first kappa shape index (κ1) is 56.1. The van der Waals surface area contributed by atoms with Gasteiger partial charge in [0.2, 0.25) is 35.4 Å². The number of pyridine rings is 2. The van der Waals surface area contributed by atoms with E-state index in [1.165, 1.54) is 18.2 Å². The van der Waals surface area contributed by atoms with Crippen LogP contribution in [0.25, 0.3) is 22.3 Å². The fraction of sp³-hybridized carbons (Fsp3) is 0.404. The highest BCUT2D eigenvalue weighted by atomic mass is 19.1. The van der Waals surface area contributed by atoms with E-state index >= 15 is 0 Å². The minimum atomic E-state index is -1.48. The number of imide groups is 1. The third kappa shape index (κ3) is 14.1. The van der Waals surface area contributed by atoms with Gasteiger partial charge in [-0.05, 0) is 67.3 Å². The van der Waals surface area contributed by atoms with E-state index in [9.17, 15) is 57.4 Å². The SMILES string of the molecule is CC.Cc1c(F)cc2nc3c(c4c2c1CCC4)Cn1c-3cc2c(c1=O)COC(=O)C2O.NC(=O)COCNC(=O)CNC(=O)C(Cc1ccccc1)NC(=O)CNC(=O)CNC(=O)CCCCCN1C(=O)C=CC1=O. The van der Waals surface area contributed by atoms with E-state index in [4.69, 9.17) is 20.2 Å². The van der Waals surface area contributed by atoms with Gasteiger partial charge in [0.15, 0.2) is 6.10 Å². The lowest BCUT2D eigenvalue weighted by Crippen LogP contribution is -2.52. The number of unbranched alkanes of at least 4 members (excludes halogenated alkanes) is 2. The Balaban J connectivity index is 0.000000252. The van der Waals surface area contributed by atoms with Crippen LogP contribution in [0.2, 0.25) is 0 Å². The topological polar surface area (TPSA) is 317 Å². The van der Waals surface area contributed by atoms with Gasteiger partial charge in [-0.3, -0.25) is 48.1 Å². The molecule has 3 aliphatic heterocycles. The van der Waals surface area contributed by atoms with E-state index in [1.807, 2.05) is 13.8 Å². The van der Waals surface area contributed by atoms with Crippen LogP contribution < -0.4 is 37.9 Å². The predicted octanol–water partition coefficient (Wildman–Crippen LogP) is 0.601. The number of nitrogens with zero attached hydrogens (tertiary/aromatic N) is 3. The Morgan fingerprint density at radius 2 is 1.51 bits per heavy atom. The van der Waals surface area contributed by atoms with Crippen LogP contribution >= 0.6 is 0 Å². The molecule has 2 aromatic heterocycles. The number of amides is 8. The molecule has 0 saturated heterocycles. The number of aliphatic hydroxyl groups is 1. The van der Waals surface area contributed by atoms with Crippen LogP contribution in [-0.4, -0.2) is 118 Å². The van der Waals surface area contributed by atoms with Gasteiger partial charge in [0, 0.05) is 54.1 Å². The summed E-state index contributed by atoms with van der Waals surface area (Å²) in [6, 6.07) is 10.9. The van der Waals surface area contributed by atoms with Crippen molar-refractivity contribution < 1.29 is 62.1 Å². The summed E-state index contributed by atoms with van der Waals surface area (Å²) in [6.45, 7) is 4.40. The lowest BCUT2D eigenvalue weighted by atomic mass is 9.85. The van der Waals surface area contributed by atoms with Gasteiger partial charge in [-0.1, -0.05) is 50.6 Å². The summed E-state index contributed by atoms with van der Waals surface area (Å²) < 4.78 is 25.9. The van der Waals surface area contributed by atoms with Crippen molar-refractivity contribution in [3.8, 4) is 11.4 Å². The number of rotatable bonds is 20. The Morgan fingerprint density at radius 1 is 0.840 bits per heavy atom. The van der Waals surface area contributed by atoms with E-state index in [0.717, 1.165) is 51.8 Å². The first-order valence-corrected chi connectivity index (χ1v) is 24.6. The quantitative estimate of drug-likeness (QED) is 0.0243. The maximum Gasteiger partial charge on any atom is 0.340 e. The first-order chi connectivity index (χ1) is 36.0. The van der Waals surface area contributed by atoms with E-state index in [-0.39, 0.29) is 80.5 Å². The van der Waals surface area contributed by atoms with Crippen molar-refractivity contribution in [3.63, 3.8) is 0 Å². The molecule has 398 valence electrons. The number of hydrogen-bond donors (Lipinski definition) is 7.